The van der Waals surface area contributed by atoms with E-state index >= 15 is 9.59 Å². The third-order valence-corrected chi connectivity index (χ3v) is 35.6. The third kappa shape index (κ3) is 23.2. The molecule has 5 aliphatic carbocycles. The first-order valence-corrected chi connectivity index (χ1v) is 52.1. The van der Waals surface area contributed by atoms with Crippen LogP contribution in [-0.2, 0) is 109 Å². The molecule has 0 amide bonds. The number of aliphatic hydroxyl groups is 25. The van der Waals surface area contributed by atoms with Crippen LogP contribution in [0.15, 0.2) is 60.3 Å². The molecule has 1 unspecified atom stereocenters. The van der Waals surface area contributed by atoms with E-state index in [0.29, 0.717) is 32.1 Å². The number of rotatable bonds is 34. The van der Waals surface area contributed by atoms with Crippen LogP contribution in [0.2, 0.25) is 0 Å². The highest BCUT2D eigenvalue weighted by atomic mass is 16.8. The second-order valence-electron chi connectivity index (χ2n) is 46.2. The van der Waals surface area contributed by atoms with Gasteiger partial charge in [0.15, 0.2) is 62.5 Å². The van der Waals surface area contributed by atoms with Gasteiger partial charge in [0.1, 0.15) is 182 Å². The van der Waals surface area contributed by atoms with Gasteiger partial charge in [-0.05, 0) is 165 Å². The average Bonchev–Trinajstić information content (AvgIpc) is 0.778. The van der Waals surface area contributed by atoms with Crippen LogP contribution in [0.1, 0.15) is 181 Å². The first-order valence-electron chi connectivity index (χ1n) is 52.1. The topological polar surface area (TPSA) is 742 Å². The first kappa shape index (κ1) is 121. The van der Waals surface area contributed by atoms with Gasteiger partial charge >= 0.3 is 17.9 Å². The van der Waals surface area contributed by atoms with E-state index in [0.717, 1.165) is 5.57 Å². The van der Waals surface area contributed by atoms with Gasteiger partial charge in [0.05, 0.1) is 80.9 Å². The zero-order chi connectivity index (χ0) is 110. The van der Waals surface area contributed by atoms with Gasteiger partial charge in [0.25, 0.3) is 0 Å². The smallest absolute Gasteiger partial charge is 0.333 e. The molecule has 0 spiro atoms. The predicted molar refractivity (Wildman–Crippen MR) is 506 cm³/mol. The van der Waals surface area contributed by atoms with Crippen LogP contribution in [-0.4, -0.2) is 472 Å². The Hall–Kier alpha value is -4.57. The standard InChI is InChI=1S/C102H162O48/c1-18-97(13,149-90-75(125)65(115)58(108)42(5)133-90)29-21-23-41(4)84(129)143-78-44(7)136-91(76(126)70(78)120)150-98(14,19-2)28-20-22-40(3)83(128)141-57-34-102(94(130)148-93-82(69(119)62(112)50(36-104)139-93)147-89-77(127)80(145-88-74(124)66(116)61(111)49(35-103)137-88)79(45(8)135-89)144-87-72(122)63(113)51(37-105)138-87)47(32-95(57,9)10)46-24-25-54-99(15)30-27-56(96(11,12)53(99)26-31-100(54,16)101(46,17)33-55(102)107)142-86-73(123)67(117)64(114)52(140-86)39-132-92-81(68(118)59(109)43(6)134-92)146-85-71(121)60(110)48(106)38-131-85/h18-19,22-24,42-45,47-82,85-93,103-127H,1-2,20-21,25-39H2,3-17H3/b40-22+,41-23+/t42-,43-,44-,45+,47+,48-,49-,50-,51+,52-,53+,54-,55-,56+,57+,58-,59+,60+,61-,62-,63+,64-,65+,66+,67+,68+,69+,70-,71-,72-,73-,74-,75-,76-,77-,78-,79+,80+,81-,82-,85+,86+,87?,88+,89+,90+,91+,92-,93+,97-,98-,99+,100-,101-,102-/m1/s1. The molecule has 9 heterocycles. The molecule has 48 heteroatoms. The monoisotopic (exact) mass is 2160 g/mol. The molecule has 0 aromatic rings. The Bertz CT molecular complexity index is 4640. The number of esters is 3. The number of carbonyl (C=O) groups is 3. The normalized spacial score (nSPS) is 49.7. The Morgan fingerprint density at radius 1 is 0.413 bits per heavy atom. The van der Waals surface area contributed by atoms with E-state index in [1.165, 1.54) is 53.7 Å². The minimum absolute atomic E-state index is 0.0135. The fourth-order valence-corrected chi connectivity index (χ4v) is 25.6. The Balaban J connectivity index is 0.711. The highest BCUT2D eigenvalue weighted by Gasteiger charge is 2.75. The molecule has 9 saturated heterocycles. The maximum atomic E-state index is 16.9. The van der Waals surface area contributed by atoms with Gasteiger partial charge < -0.3 is 222 Å². The van der Waals surface area contributed by atoms with E-state index in [4.69, 9.17) is 94.7 Å². The summed E-state index contributed by atoms with van der Waals surface area (Å²) in [5.41, 5.74) is -8.00. The van der Waals surface area contributed by atoms with Crippen molar-refractivity contribution in [3.63, 3.8) is 0 Å². The Morgan fingerprint density at radius 2 is 0.840 bits per heavy atom. The van der Waals surface area contributed by atoms with Crippen molar-refractivity contribution in [2.24, 2.45) is 50.2 Å². The summed E-state index contributed by atoms with van der Waals surface area (Å²) in [6.07, 6.45) is -67.3. The Morgan fingerprint density at radius 3 is 1.41 bits per heavy atom. The Kier molecular flexibility index (Phi) is 38.2. The van der Waals surface area contributed by atoms with Gasteiger partial charge in [0, 0.05) is 23.0 Å². The van der Waals surface area contributed by atoms with Gasteiger partial charge in [-0.3, -0.25) is 4.79 Å². The lowest BCUT2D eigenvalue weighted by Crippen LogP contribution is -2.70. The lowest BCUT2D eigenvalue weighted by atomic mass is 9.33. The van der Waals surface area contributed by atoms with E-state index < -0.39 is 389 Å². The molecule has 0 aromatic heterocycles. The van der Waals surface area contributed by atoms with Gasteiger partial charge in [-0.15, -0.1) is 13.2 Å². The van der Waals surface area contributed by atoms with E-state index in [1.54, 1.807) is 26.0 Å². The predicted octanol–water partition coefficient (Wildman–Crippen LogP) is -5.16. The third-order valence-electron chi connectivity index (χ3n) is 35.6. The van der Waals surface area contributed by atoms with Crippen molar-refractivity contribution in [1.82, 2.24) is 0 Å². The van der Waals surface area contributed by atoms with E-state index in [1.807, 2.05) is 27.7 Å². The summed E-state index contributed by atoms with van der Waals surface area (Å²) in [5, 5.41) is 280. The molecule has 0 radical (unpaired) electrons. The quantitative estimate of drug-likeness (QED) is 0.00942. The molecule has 4 saturated carbocycles. The molecule has 9 aliphatic heterocycles. The highest BCUT2D eigenvalue weighted by molar-refractivity contribution is 5.88. The van der Waals surface area contributed by atoms with Crippen molar-refractivity contribution in [2.75, 3.05) is 33.0 Å². The van der Waals surface area contributed by atoms with Crippen molar-refractivity contribution in [3.8, 4) is 0 Å². The molecule has 150 heavy (non-hydrogen) atoms. The maximum absolute atomic E-state index is 16.9. The number of carbonyl (C=O) groups excluding carboxylic acids is 3. The molecule has 13 fully saturated rings. The minimum Gasteiger partial charge on any atom is -0.458 e. The molecule has 48 nitrogen and oxygen atoms in total. The van der Waals surface area contributed by atoms with Crippen LogP contribution >= 0.6 is 0 Å². The maximum Gasteiger partial charge on any atom is 0.333 e. The molecule has 14 aliphatic rings. The van der Waals surface area contributed by atoms with Crippen molar-refractivity contribution in [2.45, 2.75) is 475 Å². The van der Waals surface area contributed by atoms with Crippen LogP contribution in [0.25, 0.3) is 0 Å². The summed E-state index contributed by atoms with van der Waals surface area (Å²) in [5.74, 6) is -4.34. The number of hydrogen-bond donors (Lipinski definition) is 25. The van der Waals surface area contributed by atoms with Crippen molar-refractivity contribution in [3.05, 3.63) is 60.3 Å². The highest BCUT2D eigenvalue weighted by Crippen LogP contribution is 2.77. The summed E-state index contributed by atoms with van der Waals surface area (Å²) in [4.78, 5) is 45.6. The Labute approximate surface area is 869 Å². The van der Waals surface area contributed by atoms with Crippen LogP contribution in [0, 0.1) is 50.2 Å². The fraction of sp³-hybridized carbons (Fsp3) is 0.873. The summed E-state index contributed by atoms with van der Waals surface area (Å²) in [6, 6.07) is 0. The van der Waals surface area contributed by atoms with Crippen LogP contribution in [0.5, 0.6) is 0 Å². The second kappa shape index (κ2) is 47.4. The minimum atomic E-state index is -2.28. The molecular weight excluding hydrogens is 1990 g/mol. The molecule has 25 N–H and O–H groups in total. The second-order valence-corrected chi connectivity index (χ2v) is 46.2. The fourth-order valence-electron chi connectivity index (χ4n) is 25.6. The van der Waals surface area contributed by atoms with E-state index in [2.05, 4.69) is 40.0 Å². The largest absolute Gasteiger partial charge is 0.458 e. The summed E-state index contributed by atoms with van der Waals surface area (Å²) in [6.45, 7) is 30.2. The number of fused-ring (bicyclic) bond motifs is 7. The molecule has 0 aromatic carbocycles. The number of aliphatic hydroxyl groups excluding tert-OH is 25. The molecule has 14 rings (SSSR count). The molecule has 0 bridgehead atoms. The molecular formula is C102H162O48. The summed E-state index contributed by atoms with van der Waals surface area (Å²) in [7, 11) is 0. The van der Waals surface area contributed by atoms with Gasteiger partial charge in [-0.25, -0.2) is 9.59 Å². The number of hydrogen-bond acceptors (Lipinski definition) is 48. The van der Waals surface area contributed by atoms with Crippen molar-refractivity contribution < 1.29 is 237 Å². The van der Waals surface area contributed by atoms with Crippen LogP contribution in [0.3, 0.4) is 0 Å². The van der Waals surface area contributed by atoms with Crippen molar-refractivity contribution >= 4 is 17.9 Å². The zero-order valence-electron chi connectivity index (χ0n) is 87.2. The number of ether oxygens (including phenoxy) is 20. The first-order chi connectivity index (χ1) is 70.2. The van der Waals surface area contributed by atoms with Gasteiger partial charge in [-0.2, -0.15) is 0 Å². The SMILES string of the molecule is C=C[C@](C)(CC/C=C(\C)C(=O)O[C@H]1[C@H](O)[C@@H](O)[C@H](O[C@](C)(C=C)CC/C=C(\C)C(=O)O[C@H]2C[C@]3(C(=O)O[C@@H]4O[C@H](CO)[C@@H](O)[C@H](O)[C@H]4O[C@@H]4O[C@@H](C)[C@H](OC5O[C@@H](CO)[C@H](O)[C@H]5O)[C@@H](O[C@@H]5O[C@H](CO)[C@@H](O)[C@H](O)[C@H]5O)[C@H]4O)[C@H](O)C[C@]4(C)C(=CC[C@@H]5[C@@]6(C)CC[C@H](O[C@@H]7O[C@H](CO[C@@H]8O[C@H](C)[C@H](O)[C@H](O)[C@H]8O[C@@H]8OC[C@@H](O)[C@H](O)[C@H]8O)[C@@H](O)[C@H](O)[C@H]7O)C(C)(C)[C@@H]6CC[C@]54C)[C@@H]3CC2(C)C)O[C@@H]1C)O[C@@H]1O[C@H](C)[C@@H](O)[C@H](O)[C@H]1O. The lowest BCUT2D eigenvalue weighted by molar-refractivity contribution is -0.390. The van der Waals surface area contributed by atoms with Crippen LogP contribution < -0.4 is 0 Å². The molecule has 55 atom stereocenters. The zero-order valence-corrected chi connectivity index (χ0v) is 87.2. The summed E-state index contributed by atoms with van der Waals surface area (Å²) >= 11 is 0. The lowest BCUT2D eigenvalue weighted by Gasteiger charge is -2.72. The van der Waals surface area contributed by atoms with Crippen molar-refractivity contribution in [1.29, 1.82) is 0 Å². The number of allylic oxidation sites excluding steroid dienone is 4. The van der Waals surface area contributed by atoms with E-state index in [9.17, 15) is 132 Å². The van der Waals surface area contributed by atoms with Gasteiger partial charge in [0.2, 0.25) is 6.29 Å². The van der Waals surface area contributed by atoms with Crippen LogP contribution in [0.4, 0.5) is 0 Å². The van der Waals surface area contributed by atoms with Gasteiger partial charge in [-0.1, -0.05) is 84.4 Å². The molecule has 858 valence electrons. The average molecular weight is 2160 g/mol. The summed E-state index contributed by atoms with van der Waals surface area (Å²) < 4.78 is 122. The van der Waals surface area contributed by atoms with E-state index in [-0.39, 0.29) is 61.5 Å².